The van der Waals surface area contributed by atoms with Gasteiger partial charge in [-0.25, -0.2) is 10.0 Å². The summed E-state index contributed by atoms with van der Waals surface area (Å²) in [6, 6.07) is 3.43. The van der Waals surface area contributed by atoms with Crippen molar-refractivity contribution < 1.29 is 19.5 Å². The van der Waals surface area contributed by atoms with E-state index in [9.17, 15) is 14.8 Å². The van der Waals surface area contributed by atoms with Crippen LogP contribution in [-0.2, 0) is 9.59 Å². The molecule has 8 nitrogen and oxygen atoms in total. The third-order valence-corrected chi connectivity index (χ3v) is 3.35. The summed E-state index contributed by atoms with van der Waals surface area (Å²) in [6.45, 7) is 2.01. The largest absolute Gasteiger partial charge is 0.493 e. The number of hydrogen-bond acceptors (Lipinski definition) is 6. The number of carbonyl (C=O) groups is 2. The second-order valence-corrected chi connectivity index (χ2v) is 5.09. The van der Waals surface area contributed by atoms with Gasteiger partial charge >= 0.3 is 0 Å². The van der Waals surface area contributed by atoms with Crippen LogP contribution < -0.4 is 15.6 Å². The molecule has 8 heteroatoms. The molecule has 1 aromatic heterocycles. The summed E-state index contributed by atoms with van der Waals surface area (Å²) < 4.78 is 5.13. The lowest BCUT2D eigenvalue weighted by Gasteiger charge is -2.20. The van der Waals surface area contributed by atoms with Crippen LogP contribution in [0.3, 0.4) is 0 Å². The molecule has 23 heavy (non-hydrogen) atoms. The lowest BCUT2D eigenvalue weighted by Crippen LogP contribution is -2.40. The van der Waals surface area contributed by atoms with Crippen molar-refractivity contribution >= 4 is 18.1 Å². The zero-order valence-electron chi connectivity index (χ0n) is 13.5. The Morgan fingerprint density at radius 2 is 2.30 bits per heavy atom. The zero-order chi connectivity index (χ0) is 17.1. The summed E-state index contributed by atoms with van der Waals surface area (Å²) in [4.78, 5) is 26.9. The number of amides is 2. The Morgan fingerprint density at radius 1 is 1.52 bits per heavy atom. The maximum Gasteiger partial charge on any atom is 0.243 e. The van der Waals surface area contributed by atoms with Gasteiger partial charge in [-0.3, -0.25) is 25.6 Å². The Kier molecular flexibility index (Phi) is 8.45. The lowest BCUT2D eigenvalue weighted by molar-refractivity contribution is -0.154. The van der Waals surface area contributed by atoms with E-state index in [2.05, 4.69) is 22.8 Å². The van der Waals surface area contributed by atoms with E-state index >= 15 is 0 Å². The summed E-state index contributed by atoms with van der Waals surface area (Å²) in [5.41, 5.74) is 5.25. The Bertz CT molecular complexity index is 498. The number of carbonyl (C=O) groups excluding carboxylic acids is 2. The SMILES string of the molecule is CCCCC[C@@H](CN(O)C=O)C(=O)NNc1ncccc1OC. The third-order valence-electron chi connectivity index (χ3n) is 3.35. The molecule has 0 bridgehead atoms. The average molecular weight is 324 g/mol. The number of anilines is 1. The number of hydrazine groups is 1. The van der Waals surface area contributed by atoms with Crippen molar-refractivity contribution in [3.63, 3.8) is 0 Å². The van der Waals surface area contributed by atoms with Gasteiger partial charge < -0.3 is 4.74 Å². The first-order valence-electron chi connectivity index (χ1n) is 7.58. The first kappa shape index (κ1) is 18.7. The normalized spacial score (nSPS) is 11.4. The molecule has 1 aromatic rings. The molecule has 0 aliphatic heterocycles. The van der Waals surface area contributed by atoms with E-state index < -0.39 is 5.92 Å². The van der Waals surface area contributed by atoms with E-state index in [1.165, 1.54) is 7.11 Å². The van der Waals surface area contributed by atoms with Gasteiger partial charge in [-0.1, -0.05) is 26.2 Å². The number of rotatable bonds is 11. The molecular formula is C15H24N4O4. The number of pyridine rings is 1. The molecule has 128 valence electrons. The van der Waals surface area contributed by atoms with Gasteiger partial charge in [0.2, 0.25) is 12.3 Å². The Balaban J connectivity index is 2.62. The minimum absolute atomic E-state index is 0.0555. The predicted molar refractivity (Wildman–Crippen MR) is 84.7 cm³/mol. The topological polar surface area (TPSA) is 104 Å². The summed E-state index contributed by atoms with van der Waals surface area (Å²) in [5, 5.41) is 9.82. The van der Waals surface area contributed by atoms with Crippen LogP contribution in [-0.4, -0.2) is 41.2 Å². The second-order valence-electron chi connectivity index (χ2n) is 5.09. The monoisotopic (exact) mass is 324 g/mol. The van der Waals surface area contributed by atoms with Crippen LogP contribution in [0.4, 0.5) is 5.82 Å². The number of nitrogens with zero attached hydrogens (tertiary/aromatic N) is 2. The van der Waals surface area contributed by atoms with E-state index in [4.69, 9.17) is 4.74 Å². The van der Waals surface area contributed by atoms with Crippen molar-refractivity contribution in [2.24, 2.45) is 5.92 Å². The summed E-state index contributed by atoms with van der Waals surface area (Å²) in [6.07, 6.45) is 5.28. The Hall–Kier alpha value is -2.35. The molecule has 0 radical (unpaired) electrons. The summed E-state index contributed by atoms with van der Waals surface area (Å²) in [7, 11) is 1.51. The molecule has 0 saturated carbocycles. The summed E-state index contributed by atoms with van der Waals surface area (Å²) in [5.74, 6) is 0.0348. The van der Waals surface area contributed by atoms with Crippen LogP contribution >= 0.6 is 0 Å². The fourth-order valence-electron chi connectivity index (χ4n) is 2.09. The Labute approximate surface area is 135 Å². The number of nitrogens with one attached hydrogen (secondary N) is 2. The predicted octanol–water partition coefficient (Wildman–Crippen LogP) is 1.58. The van der Waals surface area contributed by atoms with Gasteiger partial charge in [0, 0.05) is 6.20 Å². The van der Waals surface area contributed by atoms with Crippen LogP contribution in [0.1, 0.15) is 32.6 Å². The van der Waals surface area contributed by atoms with Crippen LogP contribution in [0.5, 0.6) is 5.75 Å². The highest BCUT2D eigenvalue weighted by atomic mass is 16.5. The first-order chi connectivity index (χ1) is 11.1. The Morgan fingerprint density at radius 3 is 2.96 bits per heavy atom. The fraction of sp³-hybridized carbons (Fsp3) is 0.533. The molecule has 0 fully saturated rings. The van der Waals surface area contributed by atoms with Gasteiger partial charge in [-0.05, 0) is 18.6 Å². The van der Waals surface area contributed by atoms with Crippen molar-refractivity contribution in [2.45, 2.75) is 32.6 Å². The lowest BCUT2D eigenvalue weighted by atomic mass is 10.0. The minimum atomic E-state index is -0.515. The molecule has 0 aliphatic rings. The molecule has 1 heterocycles. The van der Waals surface area contributed by atoms with E-state index in [0.717, 1.165) is 19.3 Å². The standard InChI is InChI=1S/C15H24N4O4/c1-3-4-5-7-12(10-19(22)11-20)15(21)18-17-14-13(23-2)8-6-9-16-14/h6,8-9,11-12,22H,3-5,7,10H2,1-2H3,(H,16,17)(H,18,21)/t12-/m0/s1. The zero-order valence-corrected chi connectivity index (χ0v) is 13.5. The van der Waals surface area contributed by atoms with Crippen molar-refractivity contribution in [2.75, 3.05) is 19.1 Å². The average Bonchev–Trinajstić information content (AvgIpc) is 2.58. The number of hydrogen-bond donors (Lipinski definition) is 3. The number of methoxy groups -OCH3 is 1. The van der Waals surface area contributed by atoms with Crippen molar-refractivity contribution in [3.05, 3.63) is 18.3 Å². The van der Waals surface area contributed by atoms with Gasteiger partial charge in [-0.2, -0.15) is 0 Å². The highest BCUT2D eigenvalue weighted by molar-refractivity contribution is 5.80. The number of aromatic nitrogens is 1. The molecular weight excluding hydrogens is 300 g/mol. The molecule has 1 rings (SSSR count). The minimum Gasteiger partial charge on any atom is -0.493 e. The van der Waals surface area contributed by atoms with Crippen LogP contribution in [0.25, 0.3) is 0 Å². The van der Waals surface area contributed by atoms with Crippen LogP contribution in [0.2, 0.25) is 0 Å². The fourth-order valence-corrected chi connectivity index (χ4v) is 2.09. The van der Waals surface area contributed by atoms with Crippen molar-refractivity contribution in [1.82, 2.24) is 15.5 Å². The van der Waals surface area contributed by atoms with Gasteiger partial charge in [0.15, 0.2) is 11.6 Å². The van der Waals surface area contributed by atoms with Gasteiger partial charge in [-0.15, -0.1) is 0 Å². The number of unbranched alkanes of at least 4 members (excludes halogenated alkanes) is 2. The van der Waals surface area contributed by atoms with E-state index in [-0.39, 0.29) is 18.9 Å². The molecule has 0 spiro atoms. The van der Waals surface area contributed by atoms with Crippen LogP contribution in [0.15, 0.2) is 18.3 Å². The number of hydroxylamine groups is 2. The third kappa shape index (κ3) is 6.52. The molecule has 0 aliphatic carbocycles. The smallest absolute Gasteiger partial charge is 0.243 e. The first-order valence-corrected chi connectivity index (χ1v) is 7.58. The van der Waals surface area contributed by atoms with Crippen LogP contribution in [0, 0.1) is 5.92 Å². The van der Waals surface area contributed by atoms with Gasteiger partial charge in [0.1, 0.15) is 0 Å². The molecule has 3 N–H and O–H groups in total. The van der Waals surface area contributed by atoms with Gasteiger partial charge in [0.25, 0.3) is 0 Å². The highest BCUT2D eigenvalue weighted by Crippen LogP contribution is 2.19. The van der Waals surface area contributed by atoms with Gasteiger partial charge in [0.05, 0.1) is 19.6 Å². The maximum atomic E-state index is 12.3. The second kappa shape index (κ2) is 10.4. The van der Waals surface area contributed by atoms with E-state index in [0.29, 0.717) is 23.1 Å². The molecule has 0 unspecified atom stereocenters. The molecule has 2 amide bonds. The number of ether oxygens (including phenoxy) is 1. The van der Waals surface area contributed by atoms with Crippen molar-refractivity contribution in [1.29, 1.82) is 0 Å². The molecule has 0 aromatic carbocycles. The van der Waals surface area contributed by atoms with Crippen molar-refractivity contribution in [3.8, 4) is 5.75 Å². The summed E-state index contributed by atoms with van der Waals surface area (Å²) >= 11 is 0. The molecule has 1 atom stereocenters. The maximum absolute atomic E-state index is 12.3. The van der Waals surface area contributed by atoms with E-state index in [1.54, 1.807) is 18.3 Å². The quantitative estimate of drug-likeness (QED) is 0.247. The molecule has 0 saturated heterocycles. The van der Waals surface area contributed by atoms with E-state index in [1.807, 2.05) is 0 Å². The highest BCUT2D eigenvalue weighted by Gasteiger charge is 2.21.